The molecule has 0 radical (unpaired) electrons. The van der Waals surface area contributed by atoms with E-state index < -0.39 is 11.5 Å². The van der Waals surface area contributed by atoms with E-state index in [1.165, 1.54) is 0 Å². The van der Waals surface area contributed by atoms with Crippen molar-refractivity contribution in [2.45, 2.75) is 39.2 Å². The first-order valence-electron chi connectivity index (χ1n) is 6.12. The molecule has 17 heavy (non-hydrogen) atoms. The van der Waals surface area contributed by atoms with Gasteiger partial charge < -0.3 is 5.11 Å². The lowest BCUT2D eigenvalue weighted by Crippen LogP contribution is -2.49. The lowest BCUT2D eigenvalue weighted by molar-refractivity contribution is -0.145. The molecule has 0 spiro atoms. The molecule has 0 fully saturated rings. The zero-order chi connectivity index (χ0) is 12.9. The van der Waals surface area contributed by atoms with Crippen LogP contribution in [0.3, 0.4) is 0 Å². The van der Waals surface area contributed by atoms with Crippen LogP contribution in [-0.2, 0) is 10.3 Å². The van der Waals surface area contributed by atoms with Crippen molar-refractivity contribution in [3.8, 4) is 0 Å². The molecule has 0 aliphatic rings. The predicted octanol–water partition coefficient (Wildman–Crippen LogP) is 2.68. The zero-order valence-electron chi connectivity index (χ0n) is 10.8. The summed E-state index contributed by atoms with van der Waals surface area (Å²) in [4.78, 5) is 11.6. The monoisotopic (exact) mass is 235 g/mol. The van der Waals surface area contributed by atoms with E-state index in [1.807, 2.05) is 45.0 Å². The Morgan fingerprint density at radius 3 is 2.29 bits per heavy atom. The quantitative estimate of drug-likeness (QED) is 0.797. The second-order valence-electron chi connectivity index (χ2n) is 4.36. The van der Waals surface area contributed by atoms with Crippen LogP contribution in [0.1, 0.15) is 37.8 Å². The van der Waals surface area contributed by atoms with E-state index in [0.29, 0.717) is 13.0 Å². The van der Waals surface area contributed by atoms with Crippen molar-refractivity contribution >= 4 is 5.97 Å². The topological polar surface area (TPSA) is 49.3 Å². The molecule has 0 aliphatic heterocycles. The SMILES string of the molecule is CCCNC(CC)(C(=O)O)c1ccc(C)cc1. The Balaban J connectivity index is 3.12. The Morgan fingerprint density at radius 2 is 1.88 bits per heavy atom. The van der Waals surface area contributed by atoms with Gasteiger partial charge >= 0.3 is 5.97 Å². The predicted molar refractivity (Wildman–Crippen MR) is 69.1 cm³/mol. The van der Waals surface area contributed by atoms with Gasteiger partial charge in [0.1, 0.15) is 5.54 Å². The van der Waals surface area contributed by atoms with Crippen molar-refractivity contribution in [2.24, 2.45) is 0 Å². The van der Waals surface area contributed by atoms with Crippen LogP contribution < -0.4 is 5.32 Å². The fourth-order valence-electron chi connectivity index (χ4n) is 1.96. The molecule has 1 rings (SSSR count). The molecule has 0 saturated heterocycles. The highest BCUT2D eigenvalue weighted by atomic mass is 16.4. The van der Waals surface area contributed by atoms with Crippen LogP contribution in [0.2, 0.25) is 0 Å². The zero-order valence-corrected chi connectivity index (χ0v) is 10.8. The van der Waals surface area contributed by atoms with E-state index >= 15 is 0 Å². The van der Waals surface area contributed by atoms with Crippen molar-refractivity contribution in [1.29, 1.82) is 0 Å². The van der Waals surface area contributed by atoms with Crippen molar-refractivity contribution in [3.05, 3.63) is 35.4 Å². The molecule has 0 saturated carbocycles. The number of carboxylic acid groups (broad SMARTS) is 1. The van der Waals surface area contributed by atoms with Gasteiger partial charge in [0.05, 0.1) is 0 Å². The highest BCUT2D eigenvalue weighted by Crippen LogP contribution is 2.25. The average Bonchev–Trinajstić information content (AvgIpc) is 2.32. The Hall–Kier alpha value is -1.35. The molecule has 0 aromatic heterocycles. The molecule has 94 valence electrons. The third-order valence-corrected chi connectivity index (χ3v) is 3.12. The summed E-state index contributed by atoms with van der Waals surface area (Å²) in [6, 6.07) is 7.71. The third kappa shape index (κ3) is 2.86. The van der Waals surface area contributed by atoms with E-state index in [4.69, 9.17) is 0 Å². The Bertz CT molecular complexity index is 372. The Morgan fingerprint density at radius 1 is 1.29 bits per heavy atom. The van der Waals surface area contributed by atoms with Crippen molar-refractivity contribution in [1.82, 2.24) is 5.32 Å². The van der Waals surface area contributed by atoms with Gasteiger partial charge in [-0.25, -0.2) is 4.79 Å². The fraction of sp³-hybridized carbons (Fsp3) is 0.500. The minimum atomic E-state index is -0.955. The van der Waals surface area contributed by atoms with Crippen LogP contribution in [0.25, 0.3) is 0 Å². The number of carbonyl (C=O) groups is 1. The third-order valence-electron chi connectivity index (χ3n) is 3.12. The van der Waals surface area contributed by atoms with Crippen molar-refractivity contribution in [3.63, 3.8) is 0 Å². The summed E-state index contributed by atoms with van der Waals surface area (Å²) in [7, 11) is 0. The van der Waals surface area contributed by atoms with Crippen molar-refractivity contribution < 1.29 is 9.90 Å². The largest absolute Gasteiger partial charge is 0.480 e. The second-order valence-corrected chi connectivity index (χ2v) is 4.36. The lowest BCUT2D eigenvalue weighted by Gasteiger charge is -2.30. The summed E-state index contributed by atoms with van der Waals surface area (Å²) < 4.78 is 0. The first-order chi connectivity index (χ1) is 8.06. The minimum Gasteiger partial charge on any atom is -0.480 e. The molecule has 1 unspecified atom stereocenters. The summed E-state index contributed by atoms with van der Waals surface area (Å²) in [5.74, 6) is -0.808. The average molecular weight is 235 g/mol. The number of aliphatic carboxylic acids is 1. The van der Waals surface area contributed by atoms with E-state index in [9.17, 15) is 9.90 Å². The number of hydrogen-bond donors (Lipinski definition) is 2. The molecule has 1 aromatic carbocycles. The van der Waals surface area contributed by atoms with Crippen LogP contribution in [0.4, 0.5) is 0 Å². The fourth-order valence-corrected chi connectivity index (χ4v) is 1.96. The summed E-state index contributed by atoms with van der Waals surface area (Å²) in [6.07, 6.45) is 1.45. The number of rotatable bonds is 6. The van der Waals surface area contributed by atoms with E-state index in [1.54, 1.807) is 0 Å². The molecule has 0 heterocycles. The standard InChI is InChI=1S/C14H21NO2/c1-4-10-15-14(5-2,13(16)17)12-8-6-11(3)7-9-12/h6-9,15H,4-5,10H2,1-3H3,(H,16,17). The van der Waals surface area contributed by atoms with Gasteiger partial charge in [0.15, 0.2) is 0 Å². The van der Waals surface area contributed by atoms with Crippen LogP contribution in [-0.4, -0.2) is 17.6 Å². The van der Waals surface area contributed by atoms with Crippen LogP contribution in [0.15, 0.2) is 24.3 Å². The molecular weight excluding hydrogens is 214 g/mol. The number of benzene rings is 1. The normalized spacial score (nSPS) is 14.3. The number of aryl methyl sites for hydroxylation is 1. The molecule has 2 N–H and O–H groups in total. The van der Waals surface area contributed by atoms with E-state index in [2.05, 4.69) is 5.32 Å². The minimum absolute atomic E-state index is 0.533. The molecule has 0 amide bonds. The molecule has 0 bridgehead atoms. The highest BCUT2D eigenvalue weighted by molar-refractivity contribution is 5.80. The maximum atomic E-state index is 11.6. The van der Waals surface area contributed by atoms with Gasteiger partial charge in [-0.1, -0.05) is 43.7 Å². The maximum absolute atomic E-state index is 11.6. The summed E-state index contributed by atoms with van der Waals surface area (Å²) in [6.45, 7) is 6.63. The van der Waals surface area contributed by atoms with Crippen LogP contribution >= 0.6 is 0 Å². The lowest BCUT2D eigenvalue weighted by atomic mass is 9.86. The molecular formula is C14H21NO2. The number of nitrogens with one attached hydrogen (secondary N) is 1. The molecule has 1 atom stereocenters. The highest BCUT2D eigenvalue weighted by Gasteiger charge is 2.37. The summed E-state index contributed by atoms with van der Waals surface area (Å²) >= 11 is 0. The molecule has 0 aliphatic carbocycles. The van der Waals surface area contributed by atoms with Crippen molar-refractivity contribution in [2.75, 3.05) is 6.54 Å². The van der Waals surface area contributed by atoms with E-state index in [-0.39, 0.29) is 0 Å². The molecule has 1 aromatic rings. The van der Waals surface area contributed by atoms with Crippen LogP contribution in [0, 0.1) is 6.92 Å². The van der Waals surface area contributed by atoms with E-state index in [0.717, 1.165) is 17.5 Å². The smallest absolute Gasteiger partial charge is 0.328 e. The van der Waals surface area contributed by atoms with Gasteiger partial charge in [-0.3, -0.25) is 5.32 Å². The van der Waals surface area contributed by atoms with Crippen LogP contribution in [0.5, 0.6) is 0 Å². The second kappa shape index (κ2) is 5.82. The Labute approximate surface area is 103 Å². The van der Waals surface area contributed by atoms with Gasteiger partial charge in [-0.15, -0.1) is 0 Å². The summed E-state index contributed by atoms with van der Waals surface area (Å²) in [5, 5.41) is 12.7. The van der Waals surface area contributed by atoms with Gasteiger partial charge in [-0.05, 0) is 31.9 Å². The Kier molecular flexibility index (Phi) is 4.70. The maximum Gasteiger partial charge on any atom is 0.328 e. The van der Waals surface area contributed by atoms with Gasteiger partial charge in [0.25, 0.3) is 0 Å². The van der Waals surface area contributed by atoms with Gasteiger partial charge in [0.2, 0.25) is 0 Å². The van der Waals surface area contributed by atoms with Gasteiger partial charge in [-0.2, -0.15) is 0 Å². The first-order valence-corrected chi connectivity index (χ1v) is 6.12. The first kappa shape index (κ1) is 13.7. The van der Waals surface area contributed by atoms with Gasteiger partial charge in [0, 0.05) is 0 Å². The number of hydrogen-bond acceptors (Lipinski definition) is 2. The molecule has 3 nitrogen and oxygen atoms in total. The number of carboxylic acids is 1. The molecule has 3 heteroatoms. The summed E-state index contributed by atoms with van der Waals surface area (Å²) in [5.41, 5.74) is 1.01.